The summed E-state index contributed by atoms with van der Waals surface area (Å²) in [5.41, 5.74) is 2.05. The molecule has 3 rings (SSSR count). The maximum absolute atomic E-state index is 9.05. The fraction of sp³-hybridized carbons (Fsp3) is 0.533. The molecule has 0 aromatic rings. The van der Waals surface area contributed by atoms with E-state index in [2.05, 4.69) is 24.0 Å². The normalized spacial score (nSPS) is 31.3. The van der Waals surface area contributed by atoms with Crippen LogP contribution >= 0.6 is 0 Å². The predicted octanol–water partition coefficient (Wildman–Crippen LogP) is 3.23. The van der Waals surface area contributed by atoms with Crippen molar-refractivity contribution in [3.8, 4) is 6.07 Å². The van der Waals surface area contributed by atoms with Gasteiger partial charge in [0.2, 0.25) is 0 Å². The van der Waals surface area contributed by atoms with E-state index >= 15 is 0 Å². The quantitative estimate of drug-likeness (QED) is 0.612. The highest BCUT2D eigenvalue weighted by Crippen LogP contribution is 2.48. The number of ether oxygens (including phenoxy) is 1. The molecule has 1 atom stereocenters. The van der Waals surface area contributed by atoms with Crippen LogP contribution in [0.4, 0.5) is 0 Å². The summed E-state index contributed by atoms with van der Waals surface area (Å²) in [6, 6.07) is 2.19. The van der Waals surface area contributed by atoms with E-state index in [1.165, 1.54) is 24.8 Å². The van der Waals surface area contributed by atoms with Crippen molar-refractivity contribution < 1.29 is 4.74 Å². The third-order valence-electron chi connectivity index (χ3n) is 4.19. The first-order chi connectivity index (χ1) is 8.77. The van der Waals surface area contributed by atoms with Gasteiger partial charge in [-0.2, -0.15) is 5.26 Å². The van der Waals surface area contributed by atoms with E-state index in [4.69, 9.17) is 10.00 Å². The van der Waals surface area contributed by atoms with Gasteiger partial charge in [-0.15, -0.1) is 0 Å². The topological polar surface area (TPSA) is 36.3 Å². The van der Waals surface area contributed by atoms with Gasteiger partial charge in [0, 0.05) is 12.3 Å². The van der Waals surface area contributed by atoms with E-state index in [-0.39, 0.29) is 11.8 Å². The number of fused-ring (bicyclic) bond motifs is 1. The van der Waals surface area contributed by atoms with Crippen molar-refractivity contribution in [3.63, 3.8) is 0 Å². The lowest BCUT2D eigenvalue weighted by Gasteiger charge is -2.33. The summed E-state index contributed by atoms with van der Waals surface area (Å²) in [5.74, 6) is 0. The zero-order valence-corrected chi connectivity index (χ0v) is 10.7. The second kappa shape index (κ2) is 4.29. The molecule has 0 N–H and O–H groups in total. The number of nitriles is 1. The fourth-order valence-corrected chi connectivity index (χ4v) is 3.30. The Morgan fingerprint density at radius 3 is 2.94 bits per heavy atom. The van der Waals surface area contributed by atoms with Crippen molar-refractivity contribution in [2.75, 3.05) is 0 Å². The number of allylic oxidation sites excluding steroid dienone is 3. The Labute approximate surface area is 108 Å². The molecule has 0 bridgehead atoms. The SMILES string of the molecule is CC1=CC=CN2/C(=C\C#N)C3(CCCCC3)OC12. The molecule has 1 unspecified atom stereocenters. The summed E-state index contributed by atoms with van der Waals surface area (Å²) >= 11 is 0. The van der Waals surface area contributed by atoms with Gasteiger partial charge >= 0.3 is 0 Å². The van der Waals surface area contributed by atoms with Crippen LogP contribution in [0.5, 0.6) is 0 Å². The van der Waals surface area contributed by atoms with Gasteiger partial charge in [0.15, 0.2) is 6.23 Å². The highest BCUT2D eigenvalue weighted by atomic mass is 16.5. The molecule has 1 spiro atoms. The first-order valence-corrected chi connectivity index (χ1v) is 6.68. The summed E-state index contributed by atoms with van der Waals surface area (Å²) in [6.45, 7) is 2.09. The molecule has 0 amide bonds. The largest absolute Gasteiger partial charge is 0.341 e. The van der Waals surface area contributed by atoms with Crippen LogP contribution in [0, 0.1) is 11.3 Å². The maximum Gasteiger partial charge on any atom is 0.157 e. The third-order valence-corrected chi connectivity index (χ3v) is 4.19. The molecule has 1 aliphatic carbocycles. The van der Waals surface area contributed by atoms with Crippen molar-refractivity contribution in [2.45, 2.75) is 50.9 Å². The lowest BCUT2D eigenvalue weighted by molar-refractivity contribution is -0.0499. The molecule has 1 saturated heterocycles. The molecule has 3 heteroatoms. The Morgan fingerprint density at radius 1 is 1.44 bits per heavy atom. The molecular formula is C15H18N2O. The van der Waals surface area contributed by atoms with Crippen LogP contribution in [0.2, 0.25) is 0 Å². The van der Waals surface area contributed by atoms with E-state index in [0.29, 0.717) is 0 Å². The van der Waals surface area contributed by atoms with Crippen molar-refractivity contribution >= 4 is 0 Å². The van der Waals surface area contributed by atoms with Gasteiger partial charge in [-0.25, -0.2) is 0 Å². The van der Waals surface area contributed by atoms with Gasteiger partial charge in [0.1, 0.15) is 5.60 Å². The van der Waals surface area contributed by atoms with E-state index < -0.39 is 0 Å². The smallest absolute Gasteiger partial charge is 0.157 e. The number of nitrogens with zero attached hydrogens (tertiary/aromatic N) is 2. The molecule has 2 heterocycles. The summed E-state index contributed by atoms with van der Waals surface area (Å²) in [5, 5.41) is 9.05. The minimum Gasteiger partial charge on any atom is -0.341 e. The van der Waals surface area contributed by atoms with Gasteiger partial charge in [-0.1, -0.05) is 25.3 Å². The van der Waals surface area contributed by atoms with Crippen molar-refractivity contribution in [2.24, 2.45) is 0 Å². The molecule has 0 aromatic carbocycles. The molecular weight excluding hydrogens is 224 g/mol. The molecule has 3 aliphatic rings. The van der Waals surface area contributed by atoms with Crippen molar-refractivity contribution in [1.82, 2.24) is 4.90 Å². The number of hydrogen-bond donors (Lipinski definition) is 0. The zero-order chi connectivity index (χ0) is 12.6. The Hall–Kier alpha value is -1.53. The third kappa shape index (κ3) is 1.60. The maximum atomic E-state index is 9.05. The second-order valence-corrected chi connectivity index (χ2v) is 5.34. The summed E-state index contributed by atoms with van der Waals surface area (Å²) in [4.78, 5) is 2.13. The summed E-state index contributed by atoms with van der Waals surface area (Å²) in [6.07, 6.45) is 13.6. The van der Waals surface area contributed by atoms with Gasteiger partial charge < -0.3 is 9.64 Å². The number of hydrogen-bond acceptors (Lipinski definition) is 3. The van der Waals surface area contributed by atoms with Crippen LogP contribution in [0.1, 0.15) is 39.0 Å². The molecule has 94 valence electrons. The average Bonchev–Trinajstić information content (AvgIpc) is 2.67. The van der Waals surface area contributed by atoms with E-state index in [1.807, 2.05) is 12.3 Å². The average molecular weight is 242 g/mol. The first-order valence-electron chi connectivity index (χ1n) is 6.68. The van der Waals surface area contributed by atoms with Gasteiger partial charge in [0.25, 0.3) is 0 Å². The Bertz CT molecular complexity index is 475. The summed E-state index contributed by atoms with van der Waals surface area (Å²) < 4.78 is 6.36. The molecule has 2 fully saturated rings. The van der Waals surface area contributed by atoms with Crippen LogP contribution in [0.15, 0.2) is 35.7 Å². The lowest BCUT2D eigenvalue weighted by Crippen LogP contribution is -2.33. The Balaban J connectivity index is 2.01. The zero-order valence-electron chi connectivity index (χ0n) is 10.7. The standard InChI is InChI=1S/C15H18N2O/c1-12-6-5-11-17-13(7-10-16)15(18-14(12)17)8-3-2-4-9-15/h5-7,11,14H,2-4,8-9H2,1H3/b13-7-. The van der Waals surface area contributed by atoms with Crippen LogP contribution in [-0.4, -0.2) is 16.7 Å². The molecule has 18 heavy (non-hydrogen) atoms. The number of rotatable bonds is 0. The molecule has 0 radical (unpaired) electrons. The highest BCUT2D eigenvalue weighted by Gasteiger charge is 2.49. The second-order valence-electron chi connectivity index (χ2n) is 5.34. The molecule has 1 saturated carbocycles. The van der Waals surface area contributed by atoms with Crippen molar-refractivity contribution in [3.05, 3.63) is 35.7 Å². The predicted molar refractivity (Wildman–Crippen MR) is 69.1 cm³/mol. The molecule has 0 aromatic heterocycles. The highest BCUT2D eigenvalue weighted by molar-refractivity contribution is 5.35. The van der Waals surface area contributed by atoms with Gasteiger partial charge in [0.05, 0.1) is 11.8 Å². The van der Waals surface area contributed by atoms with Crippen LogP contribution in [-0.2, 0) is 4.74 Å². The fourth-order valence-electron chi connectivity index (χ4n) is 3.30. The molecule has 2 aliphatic heterocycles. The van der Waals surface area contributed by atoms with Gasteiger partial charge in [-0.05, 0) is 31.4 Å². The van der Waals surface area contributed by atoms with E-state index in [0.717, 1.165) is 18.5 Å². The first kappa shape index (κ1) is 11.6. The van der Waals surface area contributed by atoms with Crippen molar-refractivity contribution in [1.29, 1.82) is 5.26 Å². The lowest BCUT2D eigenvalue weighted by atomic mass is 9.82. The Morgan fingerprint density at radius 2 is 2.22 bits per heavy atom. The monoisotopic (exact) mass is 242 g/mol. The van der Waals surface area contributed by atoms with Crippen LogP contribution in [0.3, 0.4) is 0 Å². The van der Waals surface area contributed by atoms with E-state index in [1.54, 1.807) is 6.08 Å². The summed E-state index contributed by atoms with van der Waals surface area (Å²) in [7, 11) is 0. The minimum absolute atomic E-state index is 0.00676. The van der Waals surface area contributed by atoms with E-state index in [9.17, 15) is 0 Å². The van der Waals surface area contributed by atoms with Crippen LogP contribution < -0.4 is 0 Å². The minimum atomic E-state index is -0.220. The van der Waals surface area contributed by atoms with Crippen LogP contribution in [0.25, 0.3) is 0 Å². The molecule has 3 nitrogen and oxygen atoms in total. The van der Waals surface area contributed by atoms with Gasteiger partial charge in [-0.3, -0.25) is 0 Å². The Kier molecular flexibility index (Phi) is 2.76.